The molecule has 4 aromatic rings. The summed E-state index contributed by atoms with van der Waals surface area (Å²) in [5, 5.41) is 11.4. The molecular weight excluding hydrogens is 432 g/mol. The molecule has 0 fully saturated rings. The van der Waals surface area contributed by atoms with Gasteiger partial charge in [0.15, 0.2) is 10.8 Å². The summed E-state index contributed by atoms with van der Waals surface area (Å²) in [4.78, 5) is 45.9. The molecule has 0 saturated carbocycles. The van der Waals surface area contributed by atoms with Crippen molar-refractivity contribution in [1.29, 1.82) is 0 Å². The highest BCUT2D eigenvalue weighted by Gasteiger charge is 2.21. The molecule has 11 heteroatoms. The van der Waals surface area contributed by atoms with E-state index in [0.717, 1.165) is 11.3 Å². The van der Waals surface area contributed by atoms with Gasteiger partial charge in [-0.1, -0.05) is 34.7 Å². The van der Waals surface area contributed by atoms with Crippen LogP contribution in [0.1, 0.15) is 23.3 Å². The van der Waals surface area contributed by atoms with Crippen molar-refractivity contribution in [3.05, 3.63) is 64.7 Å². The van der Waals surface area contributed by atoms with Crippen molar-refractivity contribution < 1.29 is 14.3 Å². The van der Waals surface area contributed by atoms with Gasteiger partial charge in [0.25, 0.3) is 5.56 Å². The number of hydrogen-bond donors (Lipinski definition) is 1. The minimum atomic E-state index is -0.614. The van der Waals surface area contributed by atoms with E-state index in [1.54, 1.807) is 48.7 Å². The second-order valence-corrected chi connectivity index (χ2v) is 7.69. The molecule has 3 heterocycles. The number of pyridine rings is 1. The lowest BCUT2D eigenvalue weighted by atomic mass is 10.2. The molecule has 1 amide bonds. The largest absolute Gasteiger partial charge is 0.464 e. The van der Waals surface area contributed by atoms with Crippen molar-refractivity contribution in [2.75, 3.05) is 12.4 Å². The lowest BCUT2D eigenvalue weighted by Crippen LogP contribution is -2.25. The Morgan fingerprint density at radius 2 is 1.97 bits per heavy atom. The molecule has 4 rings (SSSR count). The molecule has 1 aromatic carbocycles. The summed E-state index contributed by atoms with van der Waals surface area (Å²) in [6.07, 6.45) is 2.11. The van der Waals surface area contributed by atoms with Gasteiger partial charge in [0.2, 0.25) is 5.91 Å². The maximum absolute atomic E-state index is 12.5. The summed E-state index contributed by atoms with van der Waals surface area (Å²) in [6, 6.07) is 12.3. The number of fused-ring (bicyclic) bond motifs is 1. The van der Waals surface area contributed by atoms with Crippen LogP contribution in [0.5, 0.6) is 0 Å². The zero-order valence-corrected chi connectivity index (χ0v) is 17.8. The molecule has 0 spiro atoms. The summed E-state index contributed by atoms with van der Waals surface area (Å²) in [5.74, 6) is -0.916. The summed E-state index contributed by atoms with van der Waals surface area (Å²) in [6.45, 7) is 0.245. The Hall–Kier alpha value is -3.99. The van der Waals surface area contributed by atoms with Crippen molar-refractivity contribution in [1.82, 2.24) is 25.0 Å². The molecule has 0 aliphatic rings. The molecule has 0 atom stereocenters. The number of nitrogens with zero attached hydrogens (tertiary/aromatic N) is 5. The van der Waals surface area contributed by atoms with Crippen LogP contribution in [-0.4, -0.2) is 43.9 Å². The van der Waals surface area contributed by atoms with E-state index >= 15 is 0 Å². The number of benzene rings is 1. The first-order valence-corrected chi connectivity index (χ1v) is 10.5. The molecule has 32 heavy (non-hydrogen) atoms. The first-order chi connectivity index (χ1) is 15.6. The summed E-state index contributed by atoms with van der Waals surface area (Å²) in [7, 11) is 1.26. The number of anilines is 1. The third kappa shape index (κ3) is 4.52. The van der Waals surface area contributed by atoms with Crippen molar-refractivity contribution in [2.45, 2.75) is 19.4 Å². The van der Waals surface area contributed by atoms with E-state index in [1.165, 1.54) is 11.8 Å². The Bertz CT molecular complexity index is 1340. The number of carbonyl (C=O) groups is 2. The van der Waals surface area contributed by atoms with Gasteiger partial charge < -0.3 is 10.1 Å². The molecule has 162 valence electrons. The van der Waals surface area contributed by atoms with Gasteiger partial charge in [-0.25, -0.2) is 14.5 Å². The third-order valence-electron chi connectivity index (χ3n) is 4.55. The lowest BCUT2D eigenvalue weighted by Gasteiger charge is -2.05. The van der Waals surface area contributed by atoms with Crippen LogP contribution in [0.4, 0.5) is 5.13 Å². The molecule has 0 radical (unpaired) electrons. The van der Waals surface area contributed by atoms with Gasteiger partial charge in [0, 0.05) is 19.2 Å². The van der Waals surface area contributed by atoms with Crippen LogP contribution >= 0.6 is 11.3 Å². The number of thiazole rings is 1. The van der Waals surface area contributed by atoms with Gasteiger partial charge >= 0.3 is 5.97 Å². The van der Waals surface area contributed by atoms with E-state index in [4.69, 9.17) is 4.74 Å². The fourth-order valence-corrected chi connectivity index (χ4v) is 3.97. The zero-order valence-electron chi connectivity index (χ0n) is 17.0. The van der Waals surface area contributed by atoms with Crippen LogP contribution in [0.25, 0.3) is 21.5 Å². The highest BCUT2D eigenvalue weighted by atomic mass is 32.1. The number of aromatic nitrogens is 5. The minimum Gasteiger partial charge on any atom is -0.464 e. The topological polar surface area (TPSA) is 129 Å². The second-order valence-electron chi connectivity index (χ2n) is 6.69. The van der Waals surface area contributed by atoms with Crippen LogP contribution in [0.2, 0.25) is 0 Å². The fourth-order valence-electron chi connectivity index (χ4n) is 3.02. The molecule has 0 aliphatic carbocycles. The molecule has 0 bridgehead atoms. The van der Waals surface area contributed by atoms with Crippen LogP contribution in [0.15, 0.2) is 53.5 Å². The molecular formula is C21H18N6O4S. The summed E-state index contributed by atoms with van der Waals surface area (Å²) >= 11 is 1.13. The SMILES string of the molecule is COC(=O)c1nc(NC(=O)CCCn2nnc3ccccc3c2=O)sc1-c1ccccn1. The molecule has 0 aliphatic heterocycles. The summed E-state index contributed by atoms with van der Waals surface area (Å²) < 4.78 is 6.04. The van der Waals surface area contributed by atoms with Gasteiger partial charge in [-0.05, 0) is 30.7 Å². The Morgan fingerprint density at radius 3 is 2.75 bits per heavy atom. The number of rotatable bonds is 7. The zero-order chi connectivity index (χ0) is 22.5. The van der Waals surface area contributed by atoms with E-state index in [2.05, 4.69) is 25.6 Å². The molecule has 0 unspecified atom stereocenters. The predicted molar refractivity (Wildman–Crippen MR) is 118 cm³/mol. The Labute approximate surface area is 185 Å². The van der Waals surface area contributed by atoms with Crippen LogP contribution in [0.3, 0.4) is 0 Å². The highest BCUT2D eigenvalue weighted by Crippen LogP contribution is 2.32. The van der Waals surface area contributed by atoms with Crippen LogP contribution in [0, 0.1) is 0 Å². The number of nitrogens with one attached hydrogen (secondary N) is 1. The van der Waals surface area contributed by atoms with Crippen molar-refractivity contribution in [3.8, 4) is 10.6 Å². The maximum Gasteiger partial charge on any atom is 0.358 e. The number of amides is 1. The van der Waals surface area contributed by atoms with E-state index in [0.29, 0.717) is 27.9 Å². The lowest BCUT2D eigenvalue weighted by molar-refractivity contribution is -0.116. The first kappa shape index (κ1) is 21.2. The van der Waals surface area contributed by atoms with E-state index in [9.17, 15) is 14.4 Å². The van der Waals surface area contributed by atoms with Crippen molar-refractivity contribution in [3.63, 3.8) is 0 Å². The quantitative estimate of drug-likeness (QED) is 0.425. The Balaban J connectivity index is 1.42. The molecule has 10 nitrogen and oxygen atoms in total. The number of esters is 1. The average molecular weight is 450 g/mol. The van der Waals surface area contributed by atoms with Crippen LogP contribution in [-0.2, 0) is 16.1 Å². The number of carbonyl (C=O) groups excluding carboxylic acids is 2. The number of aryl methyl sites for hydroxylation is 1. The predicted octanol–water partition coefficient (Wildman–Crippen LogP) is 2.52. The van der Waals surface area contributed by atoms with Gasteiger partial charge in [0.1, 0.15) is 5.52 Å². The normalized spacial score (nSPS) is 10.8. The number of ether oxygens (including phenoxy) is 1. The molecule has 3 aromatic heterocycles. The minimum absolute atomic E-state index is 0.0875. The number of hydrogen-bond acceptors (Lipinski definition) is 9. The standard InChI is InChI=1S/C21H18N6O4S/c1-31-20(30)17-18(15-9-4-5-11-22-15)32-21(24-17)23-16(28)10-6-12-27-19(29)13-7-2-3-8-14(13)25-26-27/h2-5,7-9,11H,6,10,12H2,1H3,(H,23,24,28). The Kier molecular flexibility index (Phi) is 6.26. The smallest absolute Gasteiger partial charge is 0.358 e. The molecule has 1 N–H and O–H groups in total. The van der Waals surface area contributed by atoms with E-state index in [-0.39, 0.29) is 35.3 Å². The van der Waals surface area contributed by atoms with E-state index in [1.807, 2.05) is 0 Å². The summed E-state index contributed by atoms with van der Waals surface area (Å²) in [5.41, 5.74) is 0.920. The van der Waals surface area contributed by atoms with Crippen molar-refractivity contribution >= 4 is 39.2 Å². The van der Waals surface area contributed by atoms with Gasteiger partial charge in [-0.2, -0.15) is 0 Å². The van der Waals surface area contributed by atoms with Crippen LogP contribution < -0.4 is 10.9 Å². The van der Waals surface area contributed by atoms with Crippen molar-refractivity contribution in [2.24, 2.45) is 0 Å². The first-order valence-electron chi connectivity index (χ1n) is 9.70. The second kappa shape index (κ2) is 9.43. The maximum atomic E-state index is 12.5. The van der Waals surface area contributed by atoms with Gasteiger partial charge in [-0.15, -0.1) is 5.10 Å². The van der Waals surface area contributed by atoms with Gasteiger partial charge in [0.05, 0.1) is 23.1 Å². The third-order valence-corrected chi connectivity index (χ3v) is 5.55. The van der Waals surface area contributed by atoms with Gasteiger partial charge in [-0.3, -0.25) is 14.6 Å². The number of methoxy groups -OCH3 is 1. The Morgan fingerprint density at radius 1 is 1.16 bits per heavy atom. The fraction of sp³-hybridized carbons (Fsp3) is 0.190. The average Bonchev–Trinajstić information content (AvgIpc) is 3.24. The molecule has 0 saturated heterocycles. The monoisotopic (exact) mass is 450 g/mol. The van der Waals surface area contributed by atoms with E-state index < -0.39 is 5.97 Å². The highest BCUT2D eigenvalue weighted by molar-refractivity contribution is 7.19.